The van der Waals surface area contributed by atoms with Gasteiger partial charge in [-0.15, -0.1) is 0 Å². The van der Waals surface area contributed by atoms with Crippen molar-refractivity contribution < 1.29 is 4.74 Å². The van der Waals surface area contributed by atoms with Gasteiger partial charge in [0.25, 0.3) is 0 Å². The van der Waals surface area contributed by atoms with Crippen molar-refractivity contribution in [3.8, 4) is 11.5 Å². The molecule has 0 saturated carbocycles. The summed E-state index contributed by atoms with van der Waals surface area (Å²) in [5.41, 5.74) is 2.83. The second-order valence-corrected chi connectivity index (χ2v) is 5.95. The fraction of sp³-hybridized carbons (Fsp3) is 0.0500. The minimum Gasteiger partial charge on any atom is -0.454 e. The van der Waals surface area contributed by atoms with Gasteiger partial charge in [0.15, 0.2) is 5.75 Å². The lowest BCUT2D eigenvalue weighted by Gasteiger charge is -2.12. The summed E-state index contributed by atoms with van der Waals surface area (Å²) in [5.74, 6) is 2.22. The number of aliphatic imine (C=N–C) groups is 1. The summed E-state index contributed by atoms with van der Waals surface area (Å²) in [6.07, 6.45) is 0. The largest absolute Gasteiger partial charge is 0.454 e. The van der Waals surface area contributed by atoms with Crippen molar-refractivity contribution in [2.75, 3.05) is 0 Å². The lowest BCUT2D eigenvalue weighted by atomic mass is 10.1. The molecule has 1 aliphatic heterocycles. The predicted molar refractivity (Wildman–Crippen MR) is 97.4 cm³/mol. The molecule has 1 heterocycles. The van der Waals surface area contributed by atoms with E-state index in [2.05, 4.69) is 17.4 Å². The van der Waals surface area contributed by atoms with Gasteiger partial charge in [-0.2, -0.15) is 0 Å². The highest BCUT2D eigenvalue weighted by atomic mass is 35.5. The van der Waals surface area contributed by atoms with Gasteiger partial charge in [-0.1, -0.05) is 54.1 Å². The van der Waals surface area contributed by atoms with Gasteiger partial charge in [0.2, 0.25) is 0 Å². The molecule has 0 atom stereocenters. The van der Waals surface area contributed by atoms with E-state index < -0.39 is 0 Å². The number of amidine groups is 1. The molecule has 3 aromatic carbocycles. The summed E-state index contributed by atoms with van der Waals surface area (Å²) < 4.78 is 6.03. The zero-order valence-corrected chi connectivity index (χ0v) is 13.6. The topological polar surface area (TPSA) is 33.6 Å². The summed E-state index contributed by atoms with van der Waals surface area (Å²) in [5, 5.41) is 4.06. The second-order valence-electron chi connectivity index (χ2n) is 5.51. The number of halogens is 1. The molecular weight excluding hydrogens is 320 g/mol. The fourth-order valence-corrected chi connectivity index (χ4v) is 2.80. The zero-order valence-electron chi connectivity index (χ0n) is 12.9. The normalized spacial score (nSPS) is 12.3. The van der Waals surface area contributed by atoms with Crippen LogP contribution >= 0.6 is 11.6 Å². The summed E-state index contributed by atoms with van der Waals surface area (Å²) in [7, 11) is 0. The molecule has 118 valence electrons. The van der Waals surface area contributed by atoms with Gasteiger partial charge in [0, 0.05) is 11.6 Å². The van der Waals surface area contributed by atoms with E-state index in [1.54, 1.807) is 0 Å². The van der Waals surface area contributed by atoms with E-state index >= 15 is 0 Å². The molecule has 1 aliphatic rings. The Morgan fingerprint density at radius 3 is 2.54 bits per heavy atom. The van der Waals surface area contributed by atoms with Crippen LogP contribution in [0.25, 0.3) is 0 Å². The van der Waals surface area contributed by atoms with E-state index in [1.165, 1.54) is 5.56 Å². The first-order valence-electron chi connectivity index (χ1n) is 7.73. The Morgan fingerprint density at radius 2 is 1.67 bits per heavy atom. The molecule has 0 fully saturated rings. The summed E-state index contributed by atoms with van der Waals surface area (Å²) in [4.78, 5) is 4.76. The predicted octanol–water partition coefficient (Wildman–Crippen LogP) is 5.31. The van der Waals surface area contributed by atoms with Crippen LogP contribution in [0.3, 0.4) is 0 Å². The quantitative estimate of drug-likeness (QED) is 0.688. The Hall–Kier alpha value is -2.78. The van der Waals surface area contributed by atoms with Crippen molar-refractivity contribution in [2.45, 2.75) is 6.54 Å². The van der Waals surface area contributed by atoms with Crippen molar-refractivity contribution in [1.29, 1.82) is 0 Å². The van der Waals surface area contributed by atoms with E-state index in [0.717, 1.165) is 28.6 Å². The molecule has 0 spiro atoms. The molecule has 24 heavy (non-hydrogen) atoms. The lowest BCUT2D eigenvalue weighted by Crippen LogP contribution is -2.23. The Kier molecular flexibility index (Phi) is 3.93. The number of rotatable bonds is 2. The van der Waals surface area contributed by atoms with E-state index in [0.29, 0.717) is 11.6 Å². The number of para-hydroxylation sites is 2. The summed E-state index contributed by atoms with van der Waals surface area (Å²) in [6.45, 7) is 0.674. The molecule has 1 N–H and O–H groups in total. The number of ether oxygens (including phenoxy) is 1. The number of hydrogen-bond donors (Lipinski definition) is 1. The second kappa shape index (κ2) is 6.38. The van der Waals surface area contributed by atoms with E-state index in [1.807, 2.05) is 60.7 Å². The maximum atomic E-state index is 6.19. The summed E-state index contributed by atoms with van der Waals surface area (Å²) in [6, 6.07) is 23.5. The highest BCUT2D eigenvalue weighted by molar-refractivity contribution is 6.31. The highest BCUT2D eigenvalue weighted by Gasteiger charge is 2.18. The van der Waals surface area contributed by atoms with Crippen LogP contribution in [0.4, 0.5) is 5.69 Å². The molecule has 4 heteroatoms. The molecule has 0 aromatic heterocycles. The molecular formula is C20H15ClN2O. The van der Waals surface area contributed by atoms with Gasteiger partial charge in [-0.05, 0) is 35.9 Å². The first kappa shape index (κ1) is 14.8. The monoisotopic (exact) mass is 334 g/mol. The average Bonchev–Trinajstić information content (AvgIpc) is 2.77. The molecule has 0 unspecified atom stereocenters. The van der Waals surface area contributed by atoms with Crippen molar-refractivity contribution in [3.63, 3.8) is 0 Å². The molecule has 0 radical (unpaired) electrons. The van der Waals surface area contributed by atoms with E-state index in [-0.39, 0.29) is 0 Å². The van der Waals surface area contributed by atoms with Crippen LogP contribution in [-0.2, 0) is 6.54 Å². The zero-order chi connectivity index (χ0) is 16.4. The number of nitrogens with one attached hydrogen (secondary N) is 1. The maximum absolute atomic E-state index is 6.19. The van der Waals surface area contributed by atoms with Crippen LogP contribution < -0.4 is 10.1 Å². The van der Waals surface area contributed by atoms with Crippen LogP contribution in [0, 0.1) is 0 Å². The first-order chi connectivity index (χ1) is 11.8. The van der Waals surface area contributed by atoms with Crippen LogP contribution in [0.2, 0.25) is 5.02 Å². The van der Waals surface area contributed by atoms with Gasteiger partial charge in [0.1, 0.15) is 17.3 Å². The SMILES string of the molecule is Clc1ccc2c(c1)C(NCc1ccccc1)=Nc1ccccc1O2. The Balaban J connectivity index is 1.75. The van der Waals surface area contributed by atoms with Crippen LogP contribution in [-0.4, -0.2) is 5.84 Å². The highest BCUT2D eigenvalue weighted by Crippen LogP contribution is 2.37. The molecule has 0 bridgehead atoms. The van der Waals surface area contributed by atoms with Crippen LogP contribution in [0.15, 0.2) is 77.8 Å². The van der Waals surface area contributed by atoms with Gasteiger partial charge in [-0.25, -0.2) is 4.99 Å². The number of fused-ring (bicyclic) bond motifs is 2. The van der Waals surface area contributed by atoms with E-state index in [4.69, 9.17) is 21.3 Å². The van der Waals surface area contributed by atoms with Gasteiger partial charge in [0.05, 0.1) is 5.56 Å². The molecule has 0 aliphatic carbocycles. The smallest absolute Gasteiger partial charge is 0.153 e. The average molecular weight is 335 g/mol. The Bertz CT molecular complexity index is 907. The third kappa shape index (κ3) is 2.99. The number of hydrogen-bond acceptors (Lipinski definition) is 3. The number of benzene rings is 3. The van der Waals surface area contributed by atoms with E-state index in [9.17, 15) is 0 Å². The standard InChI is InChI=1S/C20H15ClN2O/c21-15-10-11-18-16(12-15)20(22-13-14-6-2-1-3-7-14)23-17-8-4-5-9-19(17)24-18/h1-12H,13H2,(H,22,23). The fourth-order valence-electron chi connectivity index (χ4n) is 2.63. The van der Waals surface area contributed by atoms with Gasteiger partial charge >= 0.3 is 0 Å². The van der Waals surface area contributed by atoms with Gasteiger partial charge < -0.3 is 10.1 Å². The van der Waals surface area contributed by atoms with Crippen molar-refractivity contribution >= 4 is 23.1 Å². The third-order valence-electron chi connectivity index (χ3n) is 3.82. The number of nitrogens with zero attached hydrogens (tertiary/aromatic N) is 1. The maximum Gasteiger partial charge on any atom is 0.153 e. The third-order valence-corrected chi connectivity index (χ3v) is 4.05. The minimum absolute atomic E-state index is 0.650. The van der Waals surface area contributed by atoms with Gasteiger partial charge in [-0.3, -0.25) is 0 Å². The molecule has 0 amide bonds. The van der Waals surface area contributed by atoms with Crippen LogP contribution in [0.5, 0.6) is 11.5 Å². The van der Waals surface area contributed by atoms with Crippen molar-refractivity contribution in [1.82, 2.24) is 5.32 Å². The van der Waals surface area contributed by atoms with Crippen molar-refractivity contribution in [3.05, 3.63) is 88.9 Å². The van der Waals surface area contributed by atoms with Crippen LogP contribution in [0.1, 0.15) is 11.1 Å². The minimum atomic E-state index is 0.650. The molecule has 4 rings (SSSR count). The summed E-state index contributed by atoms with van der Waals surface area (Å²) >= 11 is 6.19. The molecule has 3 nitrogen and oxygen atoms in total. The van der Waals surface area contributed by atoms with Crippen molar-refractivity contribution in [2.24, 2.45) is 4.99 Å². The lowest BCUT2D eigenvalue weighted by molar-refractivity contribution is 0.484. The Labute approximate surface area is 145 Å². The molecule has 3 aromatic rings. The molecule has 0 saturated heterocycles. The Morgan fingerprint density at radius 1 is 0.875 bits per heavy atom. The first-order valence-corrected chi connectivity index (χ1v) is 8.11.